The number of aliphatic carboxylic acids is 1. The molecule has 0 aromatic heterocycles. The smallest absolute Gasteiger partial charge is 0.303 e. The van der Waals surface area contributed by atoms with E-state index in [1.807, 2.05) is 13.0 Å². The molecule has 2 rings (SSSR count). The molecule has 2 N–H and O–H groups in total. The molecule has 0 radical (unpaired) electrons. The number of anilines is 1. The minimum absolute atomic E-state index is 0.0491. The Bertz CT molecular complexity index is 757. The summed E-state index contributed by atoms with van der Waals surface area (Å²) in [4.78, 5) is 23.1. The number of carboxylic acid groups (broad SMARTS) is 1. The molecule has 0 heterocycles. The molecule has 0 atom stereocenters. The first-order valence-electron chi connectivity index (χ1n) is 7.96. The minimum Gasteiger partial charge on any atom is -0.493 e. The predicted octanol–water partition coefficient (Wildman–Crippen LogP) is 3.36. The van der Waals surface area contributed by atoms with Crippen LogP contribution in [0.15, 0.2) is 42.5 Å². The number of aryl methyl sites for hydroxylation is 1. The quantitative estimate of drug-likeness (QED) is 0.768. The number of hydrogen-bond donors (Lipinski definition) is 2. The molecular weight excluding hydrogens is 322 g/mol. The van der Waals surface area contributed by atoms with E-state index in [1.54, 1.807) is 36.4 Å². The fraction of sp³-hybridized carbons (Fsp3) is 0.263. The Balaban J connectivity index is 2.11. The molecule has 0 saturated heterocycles. The van der Waals surface area contributed by atoms with E-state index in [9.17, 15) is 9.59 Å². The highest BCUT2D eigenvalue weighted by Crippen LogP contribution is 2.28. The number of carbonyl (C=O) groups excluding carboxylic acids is 1. The van der Waals surface area contributed by atoms with Crippen molar-refractivity contribution in [2.24, 2.45) is 0 Å². The Hall–Kier alpha value is -3.02. The van der Waals surface area contributed by atoms with Crippen LogP contribution in [0.25, 0.3) is 0 Å². The van der Waals surface area contributed by atoms with E-state index in [2.05, 4.69) is 5.32 Å². The number of hydrogen-bond acceptors (Lipinski definition) is 4. The van der Waals surface area contributed by atoms with Gasteiger partial charge in [-0.3, -0.25) is 9.59 Å². The number of benzene rings is 2. The normalized spacial score (nSPS) is 10.2. The maximum Gasteiger partial charge on any atom is 0.303 e. The largest absolute Gasteiger partial charge is 0.493 e. The highest BCUT2D eigenvalue weighted by Gasteiger charge is 2.11. The molecule has 0 aliphatic rings. The molecule has 0 aliphatic heterocycles. The van der Waals surface area contributed by atoms with Crippen LogP contribution in [-0.2, 0) is 11.2 Å². The molecule has 25 heavy (non-hydrogen) atoms. The van der Waals surface area contributed by atoms with Crippen molar-refractivity contribution in [3.63, 3.8) is 0 Å². The summed E-state index contributed by atoms with van der Waals surface area (Å²) in [6.45, 7) is 2.38. The number of amides is 1. The average Bonchev–Trinajstić information content (AvgIpc) is 2.60. The molecule has 0 aliphatic carbocycles. The third-order valence-electron chi connectivity index (χ3n) is 3.54. The number of rotatable bonds is 8. The molecular formula is C19H21NO5. The second kappa shape index (κ2) is 8.73. The number of methoxy groups -OCH3 is 1. The van der Waals surface area contributed by atoms with Crippen molar-refractivity contribution >= 4 is 17.6 Å². The maximum atomic E-state index is 12.4. The maximum absolute atomic E-state index is 12.4. The fourth-order valence-corrected chi connectivity index (χ4v) is 2.34. The van der Waals surface area contributed by atoms with Gasteiger partial charge in [0.05, 0.1) is 13.7 Å². The first kappa shape index (κ1) is 18.3. The summed E-state index contributed by atoms with van der Waals surface area (Å²) in [5.74, 6) is -0.0606. The average molecular weight is 343 g/mol. The molecule has 2 aromatic rings. The van der Waals surface area contributed by atoms with E-state index in [0.29, 0.717) is 35.8 Å². The fourth-order valence-electron chi connectivity index (χ4n) is 2.34. The van der Waals surface area contributed by atoms with Gasteiger partial charge in [0.1, 0.15) is 0 Å². The van der Waals surface area contributed by atoms with E-state index >= 15 is 0 Å². The zero-order chi connectivity index (χ0) is 18.2. The van der Waals surface area contributed by atoms with Crippen molar-refractivity contribution in [3.8, 4) is 11.5 Å². The third kappa shape index (κ3) is 5.24. The second-order valence-electron chi connectivity index (χ2n) is 5.35. The molecule has 0 spiro atoms. The summed E-state index contributed by atoms with van der Waals surface area (Å²) in [6.07, 6.45) is 0.462. The van der Waals surface area contributed by atoms with Crippen molar-refractivity contribution in [2.75, 3.05) is 19.0 Å². The minimum atomic E-state index is -0.851. The third-order valence-corrected chi connectivity index (χ3v) is 3.54. The lowest BCUT2D eigenvalue weighted by atomic mass is 10.1. The first-order chi connectivity index (χ1) is 12.0. The van der Waals surface area contributed by atoms with Gasteiger partial charge in [0, 0.05) is 17.7 Å². The van der Waals surface area contributed by atoms with E-state index < -0.39 is 5.97 Å². The molecule has 6 nitrogen and oxygen atoms in total. The topological polar surface area (TPSA) is 84.9 Å². The Kier molecular flexibility index (Phi) is 6.39. The highest BCUT2D eigenvalue weighted by molar-refractivity contribution is 6.04. The molecule has 0 unspecified atom stereocenters. The summed E-state index contributed by atoms with van der Waals surface area (Å²) >= 11 is 0. The van der Waals surface area contributed by atoms with Gasteiger partial charge >= 0.3 is 5.97 Å². The van der Waals surface area contributed by atoms with Crippen LogP contribution in [0.1, 0.15) is 29.3 Å². The predicted molar refractivity (Wildman–Crippen MR) is 94.5 cm³/mol. The van der Waals surface area contributed by atoms with Gasteiger partial charge in [0.25, 0.3) is 5.91 Å². The van der Waals surface area contributed by atoms with Gasteiger partial charge in [-0.25, -0.2) is 0 Å². The van der Waals surface area contributed by atoms with Crippen molar-refractivity contribution in [1.29, 1.82) is 0 Å². The highest BCUT2D eigenvalue weighted by atomic mass is 16.5. The van der Waals surface area contributed by atoms with Gasteiger partial charge in [-0.1, -0.05) is 12.1 Å². The SMILES string of the molecule is CCOc1ccc(C(=O)Nc2cccc(CCC(=O)O)c2)cc1OC. The van der Waals surface area contributed by atoms with Crippen LogP contribution in [0.3, 0.4) is 0 Å². The zero-order valence-corrected chi connectivity index (χ0v) is 14.2. The first-order valence-corrected chi connectivity index (χ1v) is 7.96. The van der Waals surface area contributed by atoms with Crippen LogP contribution in [-0.4, -0.2) is 30.7 Å². The van der Waals surface area contributed by atoms with Crippen LogP contribution < -0.4 is 14.8 Å². The monoisotopic (exact) mass is 343 g/mol. The van der Waals surface area contributed by atoms with E-state index in [-0.39, 0.29) is 12.3 Å². The van der Waals surface area contributed by atoms with E-state index in [0.717, 1.165) is 5.56 Å². The van der Waals surface area contributed by atoms with Crippen LogP contribution in [0.2, 0.25) is 0 Å². The molecule has 6 heteroatoms. The Morgan fingerprint density at radius 2 is 1.92 bits per heavy atom. The van der Waals surface area contributed by atoms with E-state index in [1.165, 1.54) is 7.11 Å². The Morgan fingerprint density at radius 1 is 1.12 bits per heavy atom. The van der Waals surface area contributed by atoms with Crippen molar-refractivity contribution in [1.82, 2.24) is 0 Å². The standard InChI is InChI=1S/C19H21NO5/c1-3-25-16-9-8-14(12-17(16)24-2)19(23)20-15-6-4-5-13(11-15)7-10-18(21)22/h4-6,8-9,11-12H,3,7,10H2,1-2H3,(H,20,23)(H,21,22). The summed E-state index contributed by atoms with van der Waals surface area (Å²) in [7, 11) is 1.52. The molecule has 0 fully saturated rings. The van der Waals surface area contributed by atoms with Crippen molar-refractivity contribution in [2.45, 2.75) is 19.8 Å². The van der Waals surface area contributed by atoms with Gasteiger partial charge in [0.15, 0.2) is 11.5 Å². The van der Waals surface area contributed by atoms with Crippen LogP contribution in [0.4, 0.5) is 5.69 Å². The summed E-state index contributed by atoms with van der Waals surface area (Å²) < 4.78 is 10.7. The van der Waals surface area contributed by atoms with Gasteiger partial charge in [0.2, 0.25) is 0 Å². The summed E-state index contributed by atoms with van der Waals surface area (Å²) in [5.41, 5.74) is 1.90. The summed E-state index contributed by atoms with van der Waals surface area (Å²) in [6, 6.07) is 12.1. The van der Waals surface area contributed by atoms with Crippen LogP contribution in [0.5, 0.6) is 11.5 Å². The van der Waals surface area contributed by atoms with Crippen LogP contribution >= 0.6 is 0 Å². The summed E-state index contributed by atoms with van der Waals surface area (Å²) in [5, 5.41) is 11.6. The van der Waals surface area contributed by atoms with Crippen molar-refractivity contribution < 1.29 is 24.2 Å². The van der Waals surface area contributed by atoms with Gasteiger partial charge < -0.3 is 19.9 Å². The van der Waals surface area contributed by atoms with Crippen molar-refractivity contribution in [3.05, 3.63) is 53.6 Å². The zero-order valence-electron chi connectivity index (χ0n) is 14.2. The molecule has 0 bridgehead atoms. The van der Waals surface area contributed by atoms with E-state index in [4.69, 9.17) is 14.6 Å². The Labute approximate surface area is 146 Å². The van der Waals surface area contributed by atoms with Gasteiger partial charge in [-0.15, -0.1) is 0 Å². The second-order valence-corrected chi connectivity index (χ2v) is 5.35. The van der Waals surface area contributed by atoms with Gasteiger partial charge in [-0.2, -0.15) is 0 Å². The molecule has 0 saturated carbocycles. The lowest BCUT2D eigenvalue weighted by Crippen LogP contribution is -2.12. The number of nitrogens with one attached hydrogen (secondary N) is 1. The molecule has 132 valence electrons. The molecule has 2 aromatic carbocycles. The lowest BCUT2D eigenvalue weighted by molar-refractivity contribution is -0.136. The van der Waals surface area contributed by atoms with Gasteiger partial charge in [-0.05, 0) is 49.2 Å². The van der Waals surface area contributed by atoms with Crippen LogP contribution in [0, 0.1) is 0 Å². The molecule has 1 amide bonds. The Morgan fingerprint density at radius 3 is 2.60 bits per heavy atom. The number of carboxylic acids is 1. The lowest BCUT2D eigenvalue weighted by Gasteiger charge is -2.11. The number of ether oxygens (including phenoxy) is 2. The number of carbonyl (C=O) groups is 2.